The fraction of sp³-hybridized carbons (Fsp3) is 0.267. The van der Waals surface area contributed by atoms with E-state index in [0.717, 1.165) is 18.9 Å². The van der Waals surface area contributed by atoms with Crippen LogP contribution in [0.3, 0.4) is 0 Å². The molecular formula is C15H17ClN4O. The Labute approximate surface area is 129 Å². The van der Waals surface area contributed by atoms with E-state index in [-0.39, 0.29) is 5.91 Å². The predicted molar refractivity (Wildman–Crippen MR) is 85.0 cm³/mol. The van der Waals surface area contributed by atoms with Gasteiger partial charge in [-0.2, -0.15) is 0 Å². The quantitative estimate of drug-likeness (QED) is 0.921. The number of para-hydroxylation sites is 1. The molecule has 5 nitrogen and oxygen atoms in total. The van der Waals surface area contributed by atoms with Gasteiger partial charge in [-0.05, 0) is 26.0 Å². The largest absolute Gasteiger partial charge is 0.357 e. The van der Waals surface area contributed by atoms with Crippen molar-refractivity contribution < 1.29 is 4.79 Å². The lowest BCUT2D eigenvalue weighted by Crippen LogP contribution is -2.24. The van der Waals surface area contributed by atoms with Crippen molar-refractivity contribution in [2.45, 2.75) is 13.8 Å². The number of nitrogens with one attached hydrogen (secondary N) is 1. The van der Waals surface area contributed by atoms with E-state index in [0.29, 0.717) is 16.4 Å². The molecule has 2 rings (SSSR count). The molecular weight excluding hydrogens is 288 g/mol. The molecule has 0 saturated heterocycles. The molecule has 0 radical (unpaired) electrons. The van der Waals surface area contributed by atoms with Crippen LogP contribution < -0.4 is 10.2 Å². The summed E-state index contributed by atoms with van der Waals surface area (Å²) in [5.41, 5.74) is 0.874. The van der Waals surface area contributed by atoms with E-state index in [4.69, 9.17) is 11.6 Å². The van der Waals surface area contributed by atoms with Crippen molar-refractivity contribution in [3.05, 3.63) is 47.4 Å². The predicted octanol–water partition coefficient (Wildman–Crippen LogP) is 3.23. The van der Waals surface area contributed by atoms with E-state index in [1.165, 1.54) is 6.33 Å². The highest BCUT2D eigenvalue weighted by molar-refractivity contribution is 6.33. The van der Waals surface area contributed by atoms with Crippen LogP contribution in [0.15, 0.2) is 36.7 Å². The van der Waals surface area contributed by atoms with Crippen molar-refractivity contribution in [1.29, 1.82) is 0 Å². The highest BCUT2D eigenvalue weighted by atomic mass is 35.5. The molecule has 0 bridgehead atoms. The summed E-state index contributed by atoms with van der Waals surface area (Å²) >= 11 is 6.03. The maximum Gasteiger partial charge on any atom is 0.274 e. The number of anilines is 2. The van der Waals surface area contributed by atoms with Gasteiger partial charge in [-0.1, -0.05) is 23.7 Å². The Morgan fingerprint density at radius 1 is 1.24 bits per heavy atom. The summed E-state index contributed by atoms with van der Waals surface area (Å²) in [6.45, 7) is 5.71. The molecule has 6 heteroatoms. The normalized spacial score (nSPS) is 10.2. The average molecular weight is 305 g/mol. The van der Waals surface area contributed by atoms with Gasteiger partial charge in [-0.3, -0.25) is 4.79 Å². The SMILES string of the molecule is CCN(CC)c1cc(C(=O)Nc2ccccc2Cl)ncn1. The lowest BCUT2D eigenvalue weighted by atomic mass is 10.3. The first-order valence-corrected chi connectivity index (χ1v) is 7.16. The molecule has 0 spiro atoms. The van der Waals surface area contributed by atoms with Gasteiger partial charge in [-0.15, -0.1) is 0 Å². The molecule has 1 heterocycles. The first-order valence-electron chi connectivity index (χ1n) is 6.78. The fourth-order valence-electron chi connectivity index (χ4n) is 1.94. The molecule has 0 unspecified atom stereocenters. The van der Waals surface area contributed by atoms with Gasteiger partial charge in [-0.25, -0.2) is 9.97 Å². The van der Waals surface area contributed by atoms with E-state index in [9.17, 15) is 4.79 Å². The Kier molecular flexibility index (Phi) is 5.11. The summed E-state index contributed by atoms with van der Waals surface area (Å²) in [5, 5.41) is 3.24. The van der Waals surface area contributed by atoms with E-state index in [2.05, 4.69) is 15.3 Å². The number of benzene rings is 1. The molecule has 0 atom stereocenters. The zero-order valence-electron chi connectivity index (χ0n) is 12.0. The zero-order chi connectivity index (χ0) is 15.2. The number of carbonyl (C=O) groups is 1. The fourth-order valence-corrected chi connectivity index (χ4v) is 2.12. The van der Waals surface area contributed by atoms with Gasteiger partial charge >= 0.3 is 0 Å². The average Bonchev–Trinajstić information content (AvgIpc) is 2.51. The van der Waals surface area contributed by atoms with Crippen LogP contribution in [-0.2, 0) is 0 Å². The van der Waals surface area contributed by atoms with E-state index >= 15 is 0 Å². The van der Waals surface area contributed by atoms with E-state index in [1.807, 2.05) is 24.8 Å². The minimum atomic E-state index is -0.307. The summed E-state index contributed by atoms with van der Waals surface area (Å²) in [6.07, 6.45) is 1.40. The minimum absolute atomic E-state index is 0.307. The van der Waals surface area contributed by atoms with Crippen molar-refractivity contribution in [3.63, 3.8) is 0 Å². The first kappa shape index (κ1) is 15.3. The highest BCUT2D eigenvalue weighted by Crippen LogP contribution is 2.21. The summed E-state index contributed by atoms with van der Waals surface area (Å²) in [6, 6.07) is 8.76. The number of hydrogen-bond donors (Lipinski definition) is 1. The maximum absolute atomic E-state index is 12.2. The highest BCUT2D eigenvalue weighted by Gasteiger charge is 2.12. The Bertz CT molecular complexity index is 629. The third-order valence-corrected chi connectivity index (χ3v) is 3.42. The molecule has 2 aromatic rings. The molecule has 1 aromatic carbocycles. The number of amides is 1. The second-order valence-corrected chi connectivity index (χ2v) is 4.77. The van der Waals surface area contributed by atoms with Gasteiger partial charge in [0.05, 0.1) is 10.7 Å². The second-order valence-electron chi connectivity index (χ2n) is 4.37. The topological polar surface area (TPSA) is 58.1 Å². The molecule has 0 aliphatic carbocycles. The monoisotopic (exact) mass is 304 g/mol. The van der Waals surface area contributed by atoms with Gasteiger partial charge in [0.2, 0.25) is 0 Å². The van der Waals surface area contributed by atoms with Gasteiger partial charge in [0.25, 0.3) is 5.91 Å². The molecule has 21 heavy (non-hydrogen) atoms. The standard InChI is InChI=1S/C15H17ClN4O/c1-3-20(4-2)14-9-13(17-10-18-14)15(21)19-12-8-6-5-7-11(12)16/h5-10H,3-4H2,1-2H3,(H,19,21). The maximum atomic E-state index is 12.2. The molecule has 110 valence electrons. The molecule has 1 N–H and O–H groups in total. The number of hydrogen-bond acceptors (Lipinski definition) is 4. The Morgan fingerprint density at radius 3 is 2.62 bits per heavy atom. The van der Waals surface area contributed by atoms with Gasteiger partial charge in [0.1, 0.15) is 17.8 Å². The smallest absolute Gasteiger partial charge is 0.274 e. The van der Waals surface area contributed by atoms with Crippen LogP contribution in [0.1, 0.15) is 24.3 Å². The van der Waals surface area contributed by atoms with Crippen LogP contribution >= 0.6 is 11.6 Å². The van der Waals surface area contributed by atoms with Crippen LogP contribution in [0.5, 0.6) is 0 Å². The van der Waals surface area contributed by atoms with Crippen molar-refractivity contribution >= 4 is 29.0 Å². The van der Waals surface area contributed by atoms with Crippen molar-refractivity contribution in [1.82, 2.24) is 9.97 Å². The number of halogens is 1. The zero-order valence-corrected chi connectivity index (χ0v) is 12.8. The number of nitrogens with zero attached hydrogens (tertiary/aromatic N) is 3. The molecule has 0 aliphatic heterocycles. The Morgan fingerprint density at radius 2 is 1.95 bits per heavy atom. The molecule has 1 aromatic heterocycles. The summed E-state index contributed by atoms with van der Waals surface area (Å²) in [4.78, 5) is 22.5. The van der Waals surface area contributed by atoms with E-state index < -0.39 is 0 Å². The number of carbonyl (C=O) groups excluding carboxylic acids is 1. The third-order valence-electron chi connectivity index (χ3n) is 3.09. The summed E-state index contributed by atoms with van der Waals surface area (Å²) < 4.78 is 0. The summed E-state index contributed by atoms with van der Waals surface area (Å²) in [7, 11) is 0. The number of rotatable bonds is 5. The molecule has 0 saturated carbocycles. The van der Waals surface area contributed by atoms with Crippen molar-refractivity contribution in [2.75, 3.05) is 23.3 Å². The third kappa shape index (κ3) is 3.70. The Balaban J connectivity index is 2.20. The van der Waals surface area contributed by atoms with E-state index in [1.54, 1.807) is 24.3 Å². The van der Waals surface area contributed by atoms with Crippen molar-refractivity contribution in [2.24, 2.45) is 0 Å². The van der Waals surface area contributed by atoms with Crippen LogP contribution in [0.25, 0.3) is 0 Å². The van der Waals surface area contributed by atoms with Crippen LogP contribution in [0, 0.1) is 0 Å². The second kappa shape index (κ2) is 7.04. The van der Waals surface area contributed by atoms with Gasteiger partial charge in [0.15, 0.2) is 0 Å². The summed E-state index contributed by atoms with van der Waals surface area (Å²) in [5.74, 6) is 0.429. The molecule has 0 fully saturated rings. The first-order chi connectivity index (χ1) is 10.2. The molecule has 0 aliphatic rings. The lowest BCUT2D eigenvalue weighted by molar-refractivity contribution is 0.102. The molecule has 1 amide bonds. The van der Waals surface area contributed by atoms with Crippen LogP contribution in [0.4, 0.5) is 11.5 Å². The van der Waals surface area contributed by atoms with Crippen LogP contribution in [0.2, 0.25) is 5.02 Å². The Hall–Kier alpha value is -2.14. The van der Waals surface area contributed by atoms with Gasteiger partial charge in [0, 0.05) is 19.2 Å². The van der Waals surface area contributed by atoms with Crippen LogP contribution in [-0.4, -0.2) is 29.0 Å². The minimum Gasteiger partial charge on any atom is -0.357 e. The lowest BCUT2D eigenvalue weighted by Gasteiger charge is -2.19. The number of aromatic nitrogens is 2. The van der Waals surface area contributed by atoms with Crippen molar-refractivity contribution in [3.8, 4) is 0 Å². The van der Waals surface area contributed by atoms with Gasteiger partial charge < -0.3 is 10.2 Å².